The van der Waals surface area contributed by atoms with E-state index in [1.165, 1.54) is 0 Å². The highest BCUT2D eigenvalue weighted by atomic mass is 16.5. The highest BCUT2D eigenvalue weighted by molar-refractivity contribution is 6.01. The molecule has 0 aromatic carbocycles. The number of ether oxygens (including phenoxy) is 1. The molecule has 0 fully saturated rings. The third-order valence-corrected chi connectivity index (χ3v) is 3.33. The Bertz CT molecular complexity index is 479. The van der Waals surface area contributed by atoms with Crippen LogP contribution in [0.3, 0.4) is 0 Å². The molecule has 1 rings (SSSR count). The van der Waals surface area contributed by atoms with Crippen molar-refractivity contribution in [1.29, 1.82) is 5.41 Å². The van der Waals surface area contributed by atoms with Gasteiger partial charge in [-0.3, -0.25) is 5.41 Å². The average Bonchev–Trinajstić information content (AvgIpc) is 2.49. The average molecular weight is 295 g/mol. The smallest absolute Gasteiger partial charge is 0.162 e. The van der Waals surface area contributed by atoms with Gasteiger partial charge >= 0.3 is 0 Å². The highest BCUT2D eigenvalue weighted by Crippen LogP contribution is 2.23. The highest BCUT2D eigenvalue weighted by Gasteiger charge is 2.21. The number of aromatic nitrogens is 2. The van der Waals surface area contributed by atoms with Gasteiger partial charge in [0, 0.05) is 20.2 Å². The molecule has 0 saturated heterocycles. The van der Waals surface area contributed by atoms with Gasteiger partial charge < -0.3 is 20.5 Å². The second kappa shape index (κ2) is 8.53. The third kappa shape index (κ3) is 4.12. The van der Waals surface area contributed by atoms with Crippen LogP contribution in [0.2, 0.25) is 0 Å². The quantitative estimate of drug-likeness (QED) is 0.447. The molecule has 0 atom stereocenters. The molecule has 1 heterocycles. The van der Waals surface area contributed by atoms with Crippen molar-refractivity contribution >= 4 is 11.7 Å². The molecule has 0 spiro atoms. The molecule has 0 radical (unpaired) electrons. The molecule has 1 aromatic heterocycles. The van der Waals surface area contributed by atoms with Crippen LogP contribution in [0.15, 0.2) is 0 Å². The lowest BCUT2D eigenvalue weighted by Crippen LogP contribution is -2.34. The number of aryl methyl sites for hydroxylation is 1. The number of rotatable bonds is 9. The van der Waals surface area contributed by atoms with Crippen LogP contribution in [0.25, 0.3) is 0 Å². The first-order valence-electron chi connectivity index (χ1n) is 7.18. The number of anilines is 1. The van der Waals surface area contributed by atoms with Gasteiger partial charge in [0.15, 0.2) is 5.82 Å². The van der Waals surface area contributed by atoms with Crippen LogP contribution in [-0.4, -0.2) is 54.6 Å². The van der Waals surface area contributed by atoms with E-state index in [0.29, 0.717) is 31.1 Å². The number of hydrogen-bond donors (Lipinski definition) is 3. The van der Waals surface area contributed by atoms with Crippen LogP contribution >= 0.6 is 0 Å². The van der Waals surface area contributed by atoms with Crippen molar-refractivity contribution in [1.82, 2.24) is 10.2 Å². The molecule has 7 nitrogen and oxygen atoms in total. The normalized spacial score (nSPS) is 10.7. The standard InChI is InChI=1S/C14H25N5O2/c1-4-10-11(5-2)17-18-14(12(10)13(15)16)19(6-8-20)7-9-21-3/h20H,4-9H2,1-3H3,(H3,15,16). The molecule has 21 heavy (non-hydrogen) atoms. The number of amidine groups is 1. The van der Waals surface area contributed by atoms with E-state index >= 15 is 0 Å². The van der Waals surface area contributed by atoms with Crippen molar-refractivity contribution in [2.75, 3.05) is 38.3 Å². The fourth-order valence-electron chi connectivity index (χ4n) is 2.31. The Hall–Kier alpha value is -1.73. The number of nitrogens with one attached hydrogen (secondary N) is 1. The first-order valence-corrected chi connectivity index (χ1v) is 7.18. The largest absolute Gasteiger partial charge is 0.395 e. The monoisotopic (exact) mass is 295 g/mol. The van der Waals surface area contributed by atoms with Gasteiger partial charge in [0.05, 0.1) is 24.5 Å². The first-order chi connectivity index (χ1) is 10.1. The Balaban J connectivity index is 3.34. The SMILES string of the molecule is CCc1nnc(N(CCO)CCOC)c(C(=N)N)c1CC. The number of hydrogen-bond acceptors (Lipinski definition) is 6. The summed E-state index contributed by atoms with van der Waals surface area (Å²) in [4.78, 5) is 1.85. The molecular formula is C14H25N5O2. The summed E-state index contributed by atoms with van der Waals surface area (Å²) in [6.45, 7) is 5.45. The molecular weight excluding hydrogens is 270 g/mol. The Kier molecular flexibility index (Phi) is 7.04. The van der Waals surface area contributed by atoms with Crippen molar-refractivity contribution in [3.63, 3.8) is 0 Å². The maximum atomic E-state index is 9.24. The van der Waals surface area contributed by atoms with Crippen molar-refractivity contribution in [3.05, 3.63) is 16.8 Å². The van der Waals surface area contributed by atoms with Crippen LogP contribution in [0.4, 0.5) is 5.82 Å². The third-order valence-electron chi connectivity index (χ3n) is 3.33. The Labute approximate surface area is 125 Å². The molecule has 0 amide bonds. The van der Waals surface area contributed by atoms with E-state index in [9.17, 15) is 5.11 Å². The predicted molar refractivity (Wildman–Crippen MR) is 83.0 cm³/mol. The van der Waals surface area contributed by atoms with Gasteiger partial charge in [-0.2, -0.15) is 5.10 Å². The van der Waals surface area contributed by atoms with E-state index < -0.39 is 0 Å². The Morgan fingerprint density at radius 3 is 2.48 bits per heavy atom. The number of nitrogens with zero attached hydrogens (tertiary/aromatic N) is 3. The summed E-state index contributed by atoms with van der Waals surface area (Å²) in [5.74, 6) is 0.523. The summed E-state index contributed by atoms with van der Waals surface area (Å²) in [5, 5.41) is 25.6. The zero-order valence-electron chi connectivity index (χ0n) is 13.0. The van der Waals surface area contributed by atoms with Crippen molar-refractivity contribution in [2.45, 2.75) is 26.7 Å². The molecule has 118 valence electrons. The molecule has 1 aromatic rings. The molecule has 0 unspecified atom stereocenters. The summed E-state index contributed by atoms with van der Waals surface area (Å²) < 4.78 is 5.09. The number of nitrogens with two attached hydrogens (primary N) is 1. The van der Waals surface area contributed by atoms with Gasteiger partial charge in [0.1, 0.15) is 5.84 Å². The first kappa shape index (κ1) is 17.3. The summed E-state index contributed by atoms with van der Waals surface area (Å²) in [5.41, 5.74) is 8.21. The van der Waals surface area contributed by atoms with E-state index in [0.717, 1.165) is 24.1 Å². The fourth-order valence-corrected chi connectivity index (χ4v) is 2.31. The minimum atomic E-state index is -0.0215. The molecule has 0 aliphatic carbocycles. The van der Waals surface area contributed by atoms with Crippen LogP contribution in [0.1, 0.15) is 30.7 Å². The minimum absolute atomic E-state index is 0.0142. The van der Waals surface area contributed by atoms with E-state index in [1.807, 2.05) is 18.7 Å². The number of methoxy groups -OCH3 is 1. The van der Waals surface area contributed by atoms with E-state index in [1.54, 1.807) is 7.11 Å². The van der Waals surface area contributed by atoms with Gasteiger partial charge in [-0.15, -0.1) is 5.10 Å². The van der Waals surface area contributed by atoms with Crippen LogP contribution in [0.5, 0.6) is 0 Å². The Morgan fingerprint density at radius 1 is 1.29 bits per heavy atom. The van der Waals surface area contributed by atoms with Crippen molar-refractivity contribution in [2.24, 2.45) is 5.73 Å². The zero-order chi connectivity index (χ0) is 15.8. The van der Waals surface area contributed by atoms with Gasteiger partial charge in [0.25, 0.3) is 0 Å². The topological polar surface area (TPSA) is 108 Å². The number of nitrogen functional groups attached to an aromatic ring is 1. The lowest BCUT2D eigenvalue weighted by Gasteiger charge is -2.25. The molecule has 0 saturated carbocycles. The summed E-state index contributed by atoms with van der Waals surface area (Å²) >= 11 is 0. The molecule has 0 bridgehead atoms. The van der Waals surface area contributed by atoms with Gasteiger partial charge in [-0.25, -0.2) is 0 Å². The van der Waals surface area contributed by atoms with Crippen LogP contribution in [0, 0.1) is 5.41 Å². The second-order valence-corrected chi connectivity index (χ2v) is 4.65. The maximum absolute atomic E-state index is 9.24. The van der Waals surface area contributed by atoms with Gasteiger partial charge in [-0.1, -0.05) is 13.8 Å². The summed E-state index contributed by atoms with van der Waals surface area (Å²) in [6.07, 6.45) is 1.48. The lowest BCUT2D eigenvalue weighted by atomic mass is 10.0. The van der Waals surface area contributed by atoms with E-state index in [4.69, 9.17) is 15.9 Å². The van der Waals surface area contributed by atoms with Crippen LogP contribution in [-0.2, 0) is 17.6 Å². The predicted octanol–water partition coefficient (Wildman–Crippen LogP) is 0.331. The molecule has 0 aliphatic rings. The molecule has 0 aliphatic heterocycles. The van der Waals surface area contributed by atoms with Gasteiger partial charge in [-0.05, 0) is 18.4 Å². The molecule has 7 heteroatoms. The zero-order valence-corrected chi connectivity index (χ0v) is 13.0. The van der Waals surface area contributed by atoms with E-state index in [-0.39, 0.29) is 12.4 Å². The molecule has 4 N–H and O–H groups in total. The minimum Gasteiger partial charge on any atom is -0.395 e. The Morgan fingerprint density at radius 2 is 2.00 bits per heavy atom. The number of aliphatic hydroxyl groups excluding tert-OH is 1. The number of aliphatic hydroxyl groups is 1. The van der Waals surface area contributed by atoms with Crippen molar-refractivity contribution < 1.29 is 9.84 Å². The summed E-state index contributed by atoms with van der Waals surface area (Å²) in [6, 6.07) is 0. The summed E-state index contributed by atoms with van der Waals surface area (Å²) in [7, 11) is 1.62. The van der Waals surface area contributed by atoms with Gasteiger partial charge in [0.2, 0.25) is 0 Å². The maximum Gasteiger partial charge on any atom is 0.162 e. The second-order valence-electron chi connectivity index (χ2n) is 4.65. The lowest BCUT2D eigenvalue weighted by molar-refractivity contribution is 0.202. The van der Waals surface area contributed by atoms with E-state index in [2.05, 4.69) is 10.2 Å². The van der Waals surface area contributed by atoms with Crippen molar-refractivity contribution in [3.8, 4) is 0 Å². The van der Waals surface area contributed by atoms with Crippen LogP contribution < -0.4 is 10.6 Å². The fraction of sp³-hybridized carbons (Fsp3) is 0.643.